The van der Waals surface area contributed by atoms with Crippen molar-refractivity contribution in [2.45, 2.75) is 18.9 Å². The molecule has 0 aromatic heterocycles. The summed E-state index contributed by atoms with van der Waals surface area (Å²) in [5.74, 6) is -1.15. The number of rotatable bonds is 2. The van der Waals surface area contributed by atoms with Crippen molar-refractivity contribution in [3.05, 3.63) is 35.4 Å². The molecule has 1 heterocycles. The fraction of sp³-hybridized carbons (Fsp3) is 0.273. The Kier molecular flexibility index (Phi) is 2.41. The molecule has 1 saturated heterocycles. The maximum absolute atomic E-state index is 10.9. The Hall–Kier alpha value is -1.84. The molecule has 0 spiro atoms. The maximum Gasteiger partial charge on any atom is 0.335 e. The third-order valence-electron chi connectivity index (χ3n) is 2.41. The van der Waals surface area contributed by atoms with Crippen LogP contribution in [0.15, 0.2) is 24.3 Å². The third-order valence-corrected chi connectivity index (χ3v) is 2.41. The van der Waals surface area contributed by atoms with Crippen LogP contribution >= 0.6 is 0 Å². The van der Waals surface area contributed by atoms with Gasteiger partial charge in [-0.1, -0.05) is 12.1 Å². The van der Waals surface area contributed by atoms with Gasteiger partial charge in [-0.2, -0.15) is 0 Å². The monoisotopic (exact) mass is 206 g/mol. The van der Waals surface area contributed by atoms with Crippen LogP contribution in [-0.4, -0.2) is 17.0 Å². The molecule has 4 nitrogen and oxygen atoms in total. The lowest BCUT2D eigenvalue weighted by molar-refractivity contribution is -0.141. The lowest BCUT2D eigenvalue weighted by atomic mass is 10.0. The van der Waals surface area contributed by atoms with Crippen molar-refractivity contribution < 1.29 is 19.4 Å². The average molecular weight is 206 g/mol. The highest BCUT2D eigenvalue weighted by Gasteiger charge is 2.24. The van der Waals surface area contributed by atoms with Gasteiger partial charge >= 0.3 is 11.9 Å². The predicted octanol–water partition coefficient (Wildman–Crippen LogP) is 1.76. The number of hydrogen-bond acceptors (Lipinski definition) is 3. The van der Waals surface area contributed by atoms with Gasteiger partial charge in [0.05, 0.1) is 5.56 Å². The molecule has 2 rings (SSSR count). The Morgan fingerprint density at radius 3 is 2.47 bits per heavy atom. The lowest BCUT2D eigenvalue weighted by Gasteiger charge is -2.08. The number of cyclic esters (lactones) is 1. The average Bonchev–Trinajstić information content (AvgIpc) is 2.65. The van der Waals surface area contributed by atoms with Crippen LogP contribution in [0.5, 0.6) is 0 Å². The molecule has 78 valence electrons. The van der Waals surface area contributed by atoms with E-state index < -0.39 is 5.97 Å². The first-order valence-corrected chi connectivity index (χ1v) is 4.69. The van der Waals surface area contributed by atoms with Crippen molar-refractivity contribution >= 4 is 11.9 Å². The first-order chi connectivity index (χ1) is 7.16. The van der Waals surface area contributed by atoms with E-state index in [-0.39, 0.29) is 17.6 Å². The predicted molar refractivity (Wildman–Crippen MR) is 51.5 cm³/mol. The zero-order valence-electron chi connectivity index (χ0n) is 7.97. The molecule has 0 bridgehead atoms. The summed E-state index contributed by atoms with van der Waals surface area (Å²) in [5.41, 5.74) is 1.09. The van der Waals surface area contributed by atoms with Gasteiger partial charge in [0.2, 0.25) is 0 Å². The number of carboxylic acids is 1. The standard InChI is InChI=1S/C11H10O4/c12-10-6-5-9(15-10)7-1-3-8(4-2-7)11(13)14/h1-4,9H,5-6H2,(H,13,14). The Bertz CT molecular complexity index is 394. The van der Waals surface area contributed by atoms with Crippen LogP contribution in [0.1, 0.15) is 34.9 Å². The summed E-state index contributed by atoms with van der Waals surface area (Å²) < 4.78 is 5.06. The van der Waals surface area contributed by atoms with Crippen LogP contribution in [0.3, 0.4) is 0 Å². The van der Waals surface area contributed by atoms with Gasteiger partial charge in [-0.15, -0.1) is 0 Å². The highest BCUT2D eigenvalue weighted by Crippen LogP contribution is 2.29. The summed E-state index contributed by atoms with van der Waals surface area (Å²) in [6.45, 7) is 0. The van der Waals surface area contributed by atoms with Crippen LogP contribution in [0, 0.1) is 0 Å². The SMILES string of the molecule is O=C1CCC(c2ccc(C(=O)O)cc2)O1. The molecule has 15 heavy (non-hydrogen) atoms. The molecule has 1 aliphatic rings. The molecule has 1 aliphatic heterocycles. The molecular weight excluding hydrogens is 196 g/mol. The van der Waals surface area contributed by atoms with Gasteiger partial charge in [-0.05, 0) is 24.1 Å². The minimum absolute atomic E-state index is 0.192. The second-order valence-corrected chi connectivity index (χ2v) is 3.44. The van der Waals surface area contributed by atoms with E-state index in [1.807, 2.05) is 0 Å². The van der Waals surface area contributed by atoms with Gasteiger partial charge in [0.25, 0.3) is 0 Å². The quantitative estimate of drug-likeness (QED) is 0.749. The number of carbonyl (C=O) groups excluding carboxylic acids is 1. The van der Waals surface area contributed by atoms with Crippen LogP contribution in [0.4, 0.5) is 0 Å². The zero-order chi connectivity index (χ0) is 10.8. The summed E-state index contributed by atoms with van der Waals surface area (Å²) in [5, 5.41) is 8.70. The van der Waals surface area contributed by atoms with Gasteiger partial charge in [-0.25, -0.2) is 4.79 Å². The number of hydrogen-bond donors (Lipinski definition) is 1. The van der Waals surface area contributed by atoms with Crippen molar-refractivity contribution in [2.24, 2.45) is 0 Å². The summed E-state index contributed by atoms with van der Waals surface area (Å²) in [6.07, 6.45) is 0.900. The molecule has 1 fully saturated rings. The molecular formula is C11H10O4. The van der Waals surface area contributed by atoms with Crippen molar-refractivity contribution in [1.82, 2.24) is 0 Å². The van der Waals surface area contributed by atoms with E-state index in [1.165, 1.54) is 12.1 Å². The highest BCUT2D eigenvalue weighted by molar-refractivity contribution is 5.87. The fourth-order valence-electron chi connectivity index (χ4n) is 1.60. The maximum atomic E-state index is 10.9. The number of ether oxygens (including phenoxy) is 1. The molecule has 4 heteroatoms. The van der Waals surface area contributed by atoms with Gasteiger partial charge < -0.3 is 9.84 Å². The molecule has 0 amide bonds. The second kappa shape index (κ2) is 3.73. The molecule has 0 aliphatic carbocycles. The largest absolute Gasteiger partial charge is 0.478 e. The van der Waals surface area contributed by atoms with Gasteiger partial charge in [-0.3, -0.25) is 4.79 Å². The van der Waals surface area contributed by atoms with E-state index in [2.05, 4.69) is 0 Å². The number of esters is 1. The van der Waals surface area contributed by atoms with E-state index in [0.717, 1.165) is 5.56 Å². The van der Waals surface area contributed by atoms with Crippen molar-refractivity contribution in [2.75, 3.05) is 0 Å². The van der Waals surface area contributed by atoms with E-state index in [9.17, 15) is 9.59 Å². The van der Waals surface area contributed by atoms with Gasteiger partial charge in [0.1, 0.15) is 6.10 Å². The van der Waals surface area contributed by atoms with Crippen LogP contribution < -0.4 is 0 Å². The normalized spacial score (nSPS) is 20.0. The number of benzene rings is 1. The lowest BCUT2D eigenvalue weighted by Crippen LogP contribution is -2.00. The topological polar surface area (TPSA) is 63.6 Å². The molecule has 1 N–H and O–H groups in total. The van der Waals surface area contributed by atoms with Crippen LogP contribution in [0.25, 0.3) is 0 Å². The van der Waals surface area contributed by atoms with E-state index >= 15 is 0 Å². The Labute approximate surface area is 86.5 Å². The van der Waals surface area contributed by atoms with Gasteiger partial charge in [0.15, 0.2) is 0 Å². The van der Waals surface area contributed by atoms with E-state index in [1.54, 1.807) is 12.1 Å². The molecule has 1 atom stereocenters. The summed E-state index contributed by atoms with van der Waals surface area (Å²) in [4.78, 5) is 21.5. The Morgan fingerprint density at radius 1 is 1.33 bits per heavy atom. The number of aromatic carboxylic acids is 1. The molecule has 1 unspecified atom stereocenters. The van der Waals surface area contributed by atoms with Crippen molar-refractivity contribution in [3.8, 4) is 0 Å². The second-order valence-electron chi connectivity index (χ2n) is 3.44. The Balaban J connectivity index is 2.17. The summed E-state index contributed by atoms with van der Waals surface area (Å²) >= 11 is 0. The van der Waals surface area contributed by atoms with Crippen LogP contribution in [-0.2, 0) is 9.53 Å². The van der Waals surface area contributed by atoms with Gasteiger partial charge in [0, 0.05) is 6.42 Å². The van der Waals surface area contributed by atoms with E-state index in [4.69, 9.17) is 9.84 Å². The molecule has 0 saturated carbocycles. The van der Waals surface area contributed by atoms with Crippen LogP contribution in [0.2, 0.25) is 0 Å². The molecule has 1 aromatic carbocycles. The van der Waals surface area contributed by atoms with Crippen molar-refractivity contribution in [1.29, 1.82) is 0 Å². The summed E-state index contributed by atoms with van der Waals surface area (Å²) in [7, 11) is 0. The first-order valence-electron chi connectivity index (χ1n) is 4.69. The minimum Gasteiger partial charge on any atom is -0.478 e. The third kappa shape index (κ3) is 1.98. The van der Waals surface area contributed by atoms with Crippen molar-refractivity contribution in [3.63, 3.8) is 0 Å². The molecule has 0 radical (unpaired) electrons. The number of carboxylic acid groups (broad SMARTS) is 1. The first kappa shape index (κ1) is 9.71. The fourth-order valence-corrected chi connectivity index (χ4v) is 1.60. The Morgan fingerprint density at radius 2 is 2.00 bits per heavy atom. The minimum atomic E-state index is -0.954. The smallest absolute Gasteiger partial charge is 0.335 e. The number of carbonyl (C=O) groups is 2. The highest BCUT2D eigenvalue weighted by atomic mass is 16.5. The summed E-state index contributed by atoms with van der Waals surface area (Å²) in [6, 6.07) is 6.41. The zero-order valence-corrected chi connectivity index (χ0v) is 7.97. The van der Waals surface area contributed by atoms with E-state index in [0.29, 0.717) is 12.8 Å². The molecule has 1 aromatic rings.